The highest BCUT2D eigenvalue weighted by Gasteiger charge is 2.07. The maximum atomic E-state index is 11.9. The molecule has 2 aromatic rings. The highest BCUT2D eigenvalue weighted by atomic mass is 32.2. The molecule has 98 valence electrons. The van der Waals surface area contributed by atoms with Gasteiger partial charge in [-0.25, -0.2) is 0 Å². The molecule has 0 aliphatic carbocycles. The highest BCUT2D eigenvalue weighted by Crippen LogP contribution is 2.13. The van der Waals surface area contributed by atoms with Gasteiger partial charge in [-0.05, 0) is 25.3 Å². The van der Waals surface area contributed by atoms with Gasteiger partial charge in [-0.2, -0.15) is 9.78 Å². The fraction of sp³-hybridized carbons (Fsp3) is 0.167. The Morgan fingerprint density at radius 2 is 2.11 bits per heavy atom. The normalized spacial score (nSPS) is 11.1. The number of phenols is 1. The zero-order valence-electron chi connectivity index (χ0n) is 10.4. The van der Waals surface area contributed by atoms with Gasteiger partial charge in [0.2, 0.25) is 5.16 Å². The topological polar surface area (TPSA) is 80.4 Å². The van der Waals surface area contributed by atoms with Gasteiger partial charge in [-0.1, -0.05) is 23.9 Å². The quantitative estimate of drug-likeness (QED) is 0.674. The second kappa shape index (κ2) is 5.66. The molecule has 0 saturated carbocycles. The zero-order valence-corrected chi connectivity index (χ0v) is 11.3. The third-order valence-electron chi connectivity index (χ3n) is 2.40. The first-order chi connectivity index (χ1) is 9.13. The van der Waals surface area contributed by atoms with Gasteiger partial charge in [0, 0.05) is 5.56 Å². The number of aromatic nitrogens is 3. The van der Waals surface area contributed by atoms with E-state index in [1.54, 1.807) is 37.4 Å². The van der Waals surface area contributed by atoms with Crippen molar-refractivity contribution in [1.29, 1.82) is 0 Å². The van der Waals surface area contributed by atoms with Gasteiger partial charge in [0.05, 0.1) is 6.21 Å². The number of rotatable bonds is 3. The number of para-hydroxylation sites is 1. The van der Waals surface area contributed by atoms with Gasteiger partial charge in [0.1, 0.15) is 11.4 Å². The Kier molecular flexibility index (Phi) is 3.96. The van der Waals surface area contributed by atoms with Crippen LogP contribution in [0.15, 0.2) is 39.3 Å². The first kappa shape index (κ1) is 13.3. The fourth-order valence-electron chi connectivity index (χ4n) is 1.39. The molecule has 2 rings (SSSR count). The number of benzene rings is 1. The summed E-state index contributed by atoms with van der Waals surface area (Å²) >= 11 is 1.27. The van der Waals surface area contributed by atoms with Crippen molar-refractivity contribution in [2.75, 3.05) is 6.26 Å². The Balaban J connectivity index is 2.47. The van der Waals surface area contributed by atoms with Crippen molar-refractivity contribution in [2.24, 2.45) is 5.10 Å². The maximum Gasteiger partial charge on any atom is 0.296 e. The van der Waals surface area contributed by atoms with Crippen molar-refractivity contribution in [2.45, 2.75) is 12.1 Å². The summed E-state index contributed by atoms with van der Waals surface area (Å²) in [6.07, 6.45) is 3.20. The number of thioether (sulfide) groups is 1. The van der Waals surface area contributed by atoms with Crippen LogP contribution >= 0.6 is 11.8 Å². The van der Waals surface area contributed by atoms with Crippen molar-refractivity contribution in [3.05, 3.63) is 45.9 Å². The first-order valence-corrected chi connectivity index (χ1v) is 6.68. The molecule has 1 heterocycles. The first-order valence-electron chi connectivity index (χ1n) is 5.46. The lowest BCUT2D eigenvalue weighted by Crippen LogP contribution is -2.23. The minimum atomic E-state index is -0.328. The minimum absolute atomic E-state index is 0.101. The highest BCUT2D eigenvalue weighted by molar-refractivity contribution is 7.98. The predicted octanol–water partition coefficient (Wildman–Crippen LogP) is 1.26. The molecule has 0 radical (unpaired) electrons. The van der Waals surface area contributed by atoms with Crippen molar-refractivity contribution < 1.29 is 5.11 Å². The number of aryl methyl sites for hydroxylation is 1. The SMILES string of the molecule is CSc1nnc(C)c(=O)n1/N=C\c1ccccc1O. The van der Waals surface area contributed by atoms with E-state index < -0.39 is 0 Å². The summed E-state index contributed by atoms with van der Waals surface area (Å²) in [4.78, 5) is 11.9. The second-order valence-corrected chi connectivity index (χ2v) is 4.47. The summed E-state index contributed by atoms with van der Waals surface area (Å²) < 4.78 is 1.17. The molecular formula is C12H12N4O2S. The Morgan fingerprint density at radius 3 is 2.79 bits per heavy atom. The van der Waals surface area contributed by atoms with E-state index in [0.717, 1.165) is 0 Å². The molecule has 0 saturated heterocycles. The molecule has 0 atom stereocenters. The third-order valence-corrected chi connectivity index (χ3v) is 3.02. The van der Waals surface area contributed by atoms with Crippen molar-refractivity contribution >= 4 is 18.0 Å². The van der Waals surface area contributed by atoms with Gasteiger partial charge in [0.15, 0.2) is 0 Å². The Hall–Kier alpha value is -2.15. The van der Waals surface area contributed by atoms with E-state index in [4.69, 9.17) is 0 Å². The smallest absolute Gasteiger partial charge is 0.296 e. The summed E-state index contributed by atoms with van der Waals surface area (Å²) in [5.41, 5.74) is 0.467. The molecule has 0 spiro atoms. The number of nitrogens with zero attached hydrogens (tertiary/aromatic N) is 4. The molecule has 0 bridgehead atoms. The van der Waals surface area contributed by atoms with Crippen molar-refractivity contribution in [3.8, 4) is 5.75 Å². The van der Waals surface area contributed by atoms with E-state index in [1.807, 2.05) is 0 Å². The lowest BCUT2D eigenvalue weighted by Gasteiger charge is -2.04. The van der Waals surface area contributed by atoms with Crippen molar-refractivity contribution in [1.82, 2.24) is 14.9 Å². The van der Waals surface area contributed by atoms with E-state index in [9.17, 15) is 9.90 Å². The average Bonchev–Trinajstić information content (AvgIpc) is 2.42. The second-order valence-electron chi connectivity index (χ2n) is 3.69. The lowest BCUT2D eigenvalue weighted by atomic mass is 10.2. The van der Waals surface area contributed by atoms with Crippen LogP contribution in [-0.4, -0.2) is 32.5 Å². The molecule has 1 aromatic heterocycles. The van der Waals surface area contributed by atoms with Crippen LogP contribution in [0.2, 0.25) is 0 Å². The molecule has 0 fully saturated rings. The van der Waals surface area contributed by atoms with Crippen LogP contribution in [0.5, 0.6) is 5.75 Å². The van der Waals surface area contributed by atoms with E-state index in [1.165, 1.54) is 22.7 Å². The molecule has 1 N–H and O–H groups in total. The molecule has 0 amide bonds. The van der Waals surface area contributed by atoms with Crippen molar-refractivity contribution in [3.63, 3.8) is 0 Å². The van der Waals surface area contributed by atoms with Crippen LogP contribution in [0.4, 0.5) is 0 Å². The van der Waals surface area contributed by atoms with Crippen LogP contribution in [0.1, 0.15) is 11.3 Å². The summed E-state index contributed by atoms with van der Waals surface area (Å²) in [6, 6.07) is 6.74. The summed E-state index contributed by atoms with van der Waals surface area (Å²) in [7, 11) is 0. The van der Waals surface area contributed by atoms with E-state index in [0.29, 0.717) is 10.7 Å². The van der Waals surface area contributed by atoms with Gasteiger partial charge in [-0.3, -0.25) is 4.79 Å². The van der Waals surface area contributed by atoms with Crippen LogP contribution in [-0.2, 0) is 0 Å². The van der Waals surface area contributed by atoms with E-state index in [-0.39, 0.29) is 17.0 Å². The lowest BCUT2D eigenvalue weighted by molar-refractivity contribution is 0.474. The third kappa shape index (κ3) is 2.82. The van der Waals surface area contributed by atoms with Gasteiger partial charge < -0.3 is 5.11 Å². The standard InChI is InChI=1S/C12H12N4O2S/c1-8-11(18)16(12(19-2)15-14-8)13-7-9-5-3-4-6-10(9)17/h3-7,17H,1-2H3/b13-7-. The molecule has 0 aliphatic rings. The largest absolute Gasteiger partial charge is 0.507 e. The molecule has 1 aromatic carbocycles. The van der Waals surface area contributed by atoms with Gasteiger partial charge in [-0.15, -0.1) is 10.2 Å². The molecular weight excluding hydrogens is 264 g/mol. The number of aromatic hydroxyl groups is 1. The minimum Gasteiger partial charge on any atom is -0.507 e. The van der Waals surface area contributed by atoms with Crippen LogP contribution < -0.4 is 5.56 Å². The predicted molar refractivity (Wildman–Crippen MR) is 73.9 cm³/mol. The van der Waals surface area contributed by atoms with Crippen LogP contribution in [0.25, 0.3) is 0 Å². The Bertz CT molecular complexity index is 682. The number of hydrogen-bond donors (Lipinski definition) is 1. The maximum absolute atomic E-state index is 11.9. The Morgan fingerprint density at radius 1 is 1.37 bits per heavy atom. The van der Waals surface area contributed by atoms with Gasteiger partial charge >= 0.3 is 0 Å². The van der Waals surface area contributed by atoms with E-state index >= 15 is 0 Å². The molecule has 0 aliphatic heterocycles. The molecule has 6 nitrogen and oxygen atoms in total. The van der Waals surface area contributed by atoms with E-state index in [2.05, 4.69) is 15.3 Å². The van der Waals surface area contributed by atoms with Crippen LogP contribution in [0.3, 0.4) is 0 Å². The number of phenolic OH excluding ortho intramolecular Hbond substituents is 1. The average molecular weight is 276 g/mol. The molecule has 7 heteroatoms. The summed E-state index contributed by atoms with van der Waals surface area (Å²) in [5.74, 6) is 0.101. The molecule has 0 unspecified atom stereocenters. The van der Waals surface area contributed by atoms with Crippen LogP contribution in [0, 0.1) is 6.92 Å². The number of hydrogen-bond acceptors (Lipinski definition) is 6. The fourth-order valence-corrected chi connectivity index (χ4v) is 1.81. The Labute approximate surface area is 113 Å². The summed E-state index contributed by atoms with van der Waals surface area (Å²) in [5, 5.41) is 21.7. The summed E-state index contributed by atoms with van der Waals surface area (Å²) in [6.45, 7) is 1.57. The molecule has 19 heavy (non-hydrogen) atoms. The van der Waals surface area contributed by atoms with Gasteiger partial charge in [0.25, 0.3) is 5.56 Å². The zero-order chi connectivity index (χ0) is 13.8. The monoisotopic (exact) mass is 276 g/mol.